The molecular formula is C26H42N2O. The number of carbonyl (C=O) groups excluding carboxylic acids is 1. The van der Waals surface area contributed by atoms with Gasteiger partial charge in [0.25, 0.3) is 0 Å². The van der Waals surface area contributed by atoms with Crippen molar-refractivity contribution >= 4 is 5.91 Å². The summed E-state index contributed by atoms with van der Waals surface area (Å²) in [6.07, 6.45) is 17.2. The minimum absolute atomic E-state index is 0.0807. The molecule has 3 N–H and O–H groups in total. The monoisotopic (exact) mass is 398 g/mol. The smallest absolute Gasteiger partial charge is 0.237 e. The van der Waals surface area contributed by atoms with Gasteiger partial charge in [0.2, 0.25) is 5.91 Å². The van der Waals surface area contributed by atoms with Crippen LogP contribution in [0.2, 0.25) is 0 Å². The van der Waals surface area contributed by atoms with E-state index in [1.165, 1.54) is 36.0 Å². The maximum atomic E-state index is 11.9. The molecule has 29 heavy (non-hydrogen) atoms. The number of hydrogen-bond acceptors (Lipinski definition) is 2. The van der Waals surface area contributed by atoms with E-state index in [1.807, 2.05) is 13.0 Å². The fraction of sp³-hybridized carbons (Fsp3) is 0.577. The van der Waals surface area contributed by atoms with E-state index in [0.717, 1.165) is 5.57 Å². The van der Waals surface area contributed by atoms with E-state index in [1.54, 1.807) is 0 Å². The zero-order chi connectivity index (χ0) is 22.0. The van der Waals surface area contributed by atoms with Crippen molar-refractivity contribution in [3.63, 3.8) is 0 Å². The van der Waals surface area contributed by atoms with E-state index >= 15 is 0 Å². The van der Waals surface area contributed by atoms with E-state index in [0.29, 0.717) is 18.9 Å². The number of rotatable bonds is 9. The second-order valence-corrected chi connectivity index (χ2v) is 9.46. The van der Waals surface area contributed by atoms with Crippen molar-refractivity contribution in [2.75, 3.05) is 6.54 Å². The average Bonchev–Trinajstić information content (AvgIpc) is 2.60. The summed E-state index contributed by atoms with van der Waals surface area (Å²) in [5, 5.41) is 2.88. The van der Waals surface area contributed by atoms with Crippen LogP contribution in [0.3, 0.4) is 0 Å². The first-order chi connectivity index (χ1) is 13.5. The minimum Gasteiger partial charge on any atom is -0.351 e. The molecule has 162 valence electrons. The predicted molar refractivity (Wildman–Crippen MR) is 127 cm³/mol. The van der Waals surface area contributed by atoms with Crippen LogP contribution in [0.15, 0.2) is 58.7 Å². The highest BCUT2D eigenvalue weighted by atomic mass is 16.2. The number of carbonyl (C=O) groups is 1. The molecule has 0 radical (unpaired) electrons. The zero-order valence-corrected chi connectivity index (χ0v) is 19.6. The molecule has 0 aromatic heterocycles. The summed E-state index contributed by atoms with van der Waals surface area (Å²) in [4.78, 5) is 11.9. The molecule has 0 aliphatic heterocycles. The predicted octanol–water partition coefficient (Wildman–Crippen LogP) is 6.01. The first-order valence-electron chi connectivity index (χ1n) is 11.0. The van der Waals surface area contributed by atoms with Crippen LogP contribution in [-0.2, 0) is 4.79 Å². The summed E-state index contributed by atoms with van der Waals surface area (Å²) in [6.45, 7) is 15.8. The molecule has 3 nitrogen and oxygen atoms in total. The molecule has 3 heteroatoms. The van der Waals surface area contributed by atoms with Gasteiger partial charge in [0.1, 0.15) is 0 Å². The Bertz CT molecular complexity index is 702. The highest BCUT2D eigenvalue weighted by Gasteiger charge is 2.26. The summed E-state index contributed by atoms with van der Waals surface area (Å²) in [7, 11) is 0. The van der Waals surface area contributed by atoms with Crippen LogP contribution in [0.25, 0.3) is 0 Å². The number of nitrogens with two attached hydrogens (primary N) is 1. The Morgan fingerprint density at radius 1 is 1.21 bits per heavy atom. The quantitative estimate of drug-likeness (QED) is 0.467. The molecule has 0 aromatic carbocycles. The lowest BCUT2D eigenvalue weighted by molar-refractivity contribution is -0.122. The highest BCUT2D eigenvalue weighted by molar-refractivity contribution is 5.81. The van der Waals surface area contributed by atoms with Gasteiger partial charge in [-0.1, -0.05) is 80.9 Å². The second-order valence-electron chi connectivity index (χ2n) is 9.46. The molecule has 1 aliphatic rings. The van der Waals surface area contributed by atoms with Crippen molar-refractivity contribution in [3.05, 3.63) is 58.7 Å². The summed E-state index contributed by atoms with van der Waals surface area (Å²) in [5.74, 6) is 0.340. The van der Waals surface area contributed by atoms with E-state index in [4.69, 9.17) is 5.73 Å². The van der Waals surface area contributed by atoms with Gasteiger partial charge < -0.3 is 11.1 Å². The lowest BCUT2D eigenvalue weighted by atomic mass is 9.72. The number of allylic oxidation sites excluding steroid dienone is 9. The zero-order valence-electron chi connectivity index (χ0n) is 19.6. The average molecular weight is 399 g/mol. The van der Waals surface area contributed by atoms with Crippen molar-refractivity contribution in [1.82, 2.24) is 5.32 Å². The van der Waals surface area contributed by atoms with Gasteiger partial charge in [0.15, 0.2) is 0 Å². The van der Waals surface area contributed by atoms with Gasteiger partial charge in [-0.2, -0.15) is 0 Å². The number of amides is 1. The Morgan fingerprint density at radius 3 is 2.52 bits per heavy atom. The van der Waals surface area contributed by atoms with Gasteiger partial charge in [0, 0.05) is 6.54 Å². The fourth-order valence-electron chi connectivity index (χ4n) is 3.76. The summed E-state index contributed by atoms with van der Waals surface area (Å²) < 4.78 is 0. The van der Waals surface area contributed by atoms with Crippen LogP contribution < -0.4 is 11.1 Å². The maximum absolute atomic E-state index is 11.9. The molecule has 0 fully saturated rings. The number of hydrogen-bond donors (Lipinski definition) is 2. The van der Waals surface area contributed by atoms with Gasteiger partial charge in [0.05, 0.1) is 6.04 Å². The van der Waals surface area contributed by atoms with Crippen molar-refractivity contribution in [2.24, 2.45) is 17.1 Å². The maximum Gasteiger partial charge on any atom is 0.237 e. The fourth-order valence-corrected chi connectivity index (χ4v) is 3.76. The molecular weight excluding hydrogens is 356 g/mol. The Kier molecular flexibility index (Phi) is 10.4. The second kappa shape index (κ2) is 12.0. The molecule has 0 bridgehead atoms. The summed E-state index contributed by atoms with van der Waals surface area (Å²) in [6, 6.07) is -0.426. The molecule has 1 unspecified atom stereocenters. The Morgan fingerprint density at radius 2 is 1.90 bits per heavy atom. The molecule has 1 rings (SSSR count). The van der Waals surface area contributed by atoms with Gasteiger partial charge >= 0.3 is 0 Å². The normalized spacial score (nSPS) is 19.5. The lowest BCUT2D eigenvalue weighted by Crippen LogP contribution is -2.41. The van der Waals surface area contributed by atoms with Gasteiger partial charge in [-0.15, -0.1) is 0 Å². The third-order valence-corrected chi connectivity index (χ3v) is 5.54. The molecule has 0 saturated carbocycles. The SMILES string of the molecule is CC(C=CC1=C(C)CCCC1(C)C)=CC=CC(C)=CCNC(=O)C(N)CC(C)C. The standard InChI is InChI=1S/C26H42N2O/c1-19(2)18-24(27)25(29)28-17-15-21(4)11-8-10-20(3)13-14-23-22(5)12-9-16-26(23,6)7/h8,10-11,13-15,19,24H,9,12,16-18,27H2,1-7H3,(H,28,29). The molecule has 0 aromatic rings. The highest BCUT2D eigenvalue weighted by Crippen LogP contribution is 2.40. The third kappa shape index (κ3) is 9.45. The van der Waals surface area contributed by atoms with E-state index in [-0.39, 0.29) is 11.3 Å². The molecule has 0 heterocycles. The molecule has 1 amide bonds. The number of nitrogens with one attached hydrogen (secondary N) is 1. The van der Waals surface area contributed by atoms with Crippen LogP contribution in [-0.4, -0.2) is 18.5 Å². The van der Waals surface area contributed by atoms with Crippen molar-refractivity contribution in [2.45, 2.75) is 80.2 Å². The van der Waals surface area contributed by atoms with E-state index in [9.17, 15) is 4.79 Å². The van der Waals surface area contributed by atoms with Crippen LogP contribution in [0.1, 0.15) is 74.1 Å². The van der Waals surface area contributed by atoms with Crippen molar-refractivity contribution in [1.29, 1.82) is 0 Å². The van der Waals surface area contributed by atoms with Gasteiger partial charge in [-0.3, -0.25) is 4.79 Å². The Labute approximate surface area is 178 Å². The minimum atomic E-state index is -0.426. The van der Waals surface area contributed by atoms with Crippen LogP contribution >= 0.6 is 0 Å². The van der Waals surface area contributed by atoms with Crippen LogP contribution in [0, 0.1) is 11.3 Å². The van der Waals surface area contributed by atoms with Gasteiger partial charge in [-0.25, -0.2) is 0 Å². The third-order valence-electron chi connectivity index (χ3n) is 5.54. The Balaban J connectivity index is 2.56. The van der Waals surface area contributed by atoms with E-state index < -0.39 is 6.04 Å². The first-order valence-corrected chi connectivity index (χ1v) is 11.0. The molecule has 0 spiro atoms. The Hall–Kier alpha value is -1.87. The van der Waals surface area contributed by atoms with Crippen LogP contribution in [0.5, 0.6) is 0 Å². The van der Waals surface area contributed by atoms with Gasteiger partial charge in [-0.05, 0) is 63.4 Å². The first kappa shape index (κ1) is 25.2. The van der Waals surface area contributed by atoms with Crippen LogP contribution in [0.4, 0.5) is 0 Å². The summed E-state index contributed by atoms with van der Waals surface area (Å²) in [5.41, 5.74) is 11.5. The molecule has 1 atom stereocenters. The molecule has 0 saturated heterocycles. The van der Waals surface area contributed by atoms with Crippen molar-refractivity contribution in [3.8, 4) is 0 Å². The lowest BCUT2D eigenvalue weighted by Gasteiger charge is -2.32. The summed E-state index contributed by atoms with van der Waals surface area (Å²) >= 11 is 0. The molecule has 1 aliphatic carbocycles. The largest absolute Gasteiger partial charge is 0.351 e. The van der Waals surface area contributed by atoms with Crippen molar-refractivity contribution < 1.29 is 4.79 Å². The topological polar surface area (TPSA) is 55.1 Å². The van der Waals surface area contributed by atoms with E-state index in [2.05, 4.69) is 77.2 Å².